The second kappa shape index (κ2) is 4.33. The first kappa shape index (κ1) is 10.5. The zero-order valence-electron chi connectivity index (χ0n) is 9.83. The number of anilines is 1. The SMILES string of the molecule is CN(/N=C/c1cnc[nH]1)c1nc2ccccc2[nH]1. The molecule has 0 aliphatic carbocycles. The molecule has 0 fully saturated rings. The second-order valence-electron chi connectivity index (χ2n) is 3.85. The predicted octanol–water partition coefficient (Wildman–Crippen LogP) is 1.76. The molecule has 0 aliphatic heterocycles. The minimum atomic E-state index is 0.701. The van der Waals surface area contributed by atoms with Crippen LogP contribution in [0.5, 0.6) is 0 Å². The standard InChI is InChI=1S/C12H12N6/c1-18(15-7-9-6-13-8-14-9)12-16-10-4-2-3-5-11(10)17-12/h2-8H,1H3,(H,13,14)(H,16,17)/b15-7+. The number of H-pyrrole nitrogens is 2. The molecule has 2 N–H and O–H groups in total. The molecule has 0 saturated carbocycles. The summed E-state index contributed by atoms with van der Waals surface area (Å²) in [5, 5.41) is 5.96. The largest absolute Gasteiger partial charge is 0.344 e. The van der Waals surface area contributed by atoms with Gasteiger partial charge in [-0.1, -0.05) is 12.1 Å². The number of imidazole rings is 2. The van der Waals surface area contributed by atoms with Crippen molar-refractivity contribution in [2.75, 3.05) is 12.1 Å². The van der Waals surface area contributed by atoms with Crippen molar-refractivity contribution in [2.24, 2.45) is 5.10 Å². The van der Waals surface area contributed by atoms with Gasteiger partial charge >= 0.3 is 0 Å². The molecule has 3 aromatic rings. The molecule has 6 heteroatoms. The maximum Gasteiger partial charge on any atom is 0.224 e. The summed E-state index contributed by atoms with van der Waals surface area (Å²) in [6, 6.07) is 7.87. The number of rotatable bonds is 3. The van der Waals surface area contributed by atoms with Gasteiger partial charge in [-0.15, -0.1) is 0 Å². The average Bonchev–Trinajstić information content (AvgIpc) is 3.04. The third-order valence-electron chi connectivity index (χ3n) is 2.57. The Morgan fingerprint density at radius 1 is 1.33 bits per heavy atom. The highest BCUT2D eigenvalue weighted by atomic mass is 15.5. The highest BCUT2D eigenvalue weighted by Gasteiger charge is 2.05. The Morgan fingerprint density at radius 2 is 2.22 bits per heavy atom. The summed E-state index contributed by atoms with van der Waals surface area (Å²) in [6.07, 6.45) is 5.01. The van der Waals surface area contributed by atoms with E-state index < -0.39 is 0 Å². The number of hydrazone groups is 1. The van der Waals surface area contributed by atoms with Crippen LogP contribution in [0.15, 0.2) is 41.9 Å². The van der Waals surface area contributed by atoms with E-state index in [0.717, 1.165) is 16.7 Å². The molecule has 0 saturated heterocycles. The number of para-hydroxylation sites is 2. The molecule has 0 amide bonds. The van der Waals surface area contributed by atoms with Crippen molar-refractivity contribution in [1.82, 2.24) is 19.9 Å². The molecule has 2 heterocycles. The molecular weight excluding hydrogens is 228 g/mol. The summed E-state index contributed by atoms with van der Waals surface area (Å²) in [6.45, 7) is 0. The van der Waals surface area contributed by atoms with Gasteiger partial charge in [0.15, 0.2) is 0 Å². The first-order valence-corrected chi connectivity index (χ1v) is 5.54. The number of aromatic nitrogens is 4. The van der Waals surface area contributed by atoms with Crippen LogP contribution in [0.25, 0.3) is 11.0 Å². The molecule has 3 rings (SSSR count). The van der Waals surface area contributed by atoms with Crippen molar-refractivity contribution in [1.29, 1.82) is 0 Å². The summed E-state index contributed by atoms with van der Waals surface area (Å²) >= 11 is 0. The van der Waals surface area contributed by atoms with Crippen LogP contribution in [-0.2, 0) is 0 Å². The molecule has 18 heavy (non-hydrogen) atoms. The third kappa shape index (κ3) is 1.95. The summed E-state index contributed by atoms with van der Waals surface area (Å²) in [5.41, 5.74) is 2.77. The lowest BCUT2D eigenvalue weighted by molar-refractivity contribution is 0.964. The summed E-state index contributed by atoms with van der Waals surface area (Å²) in [7, 11) is 1.84. The van der Waals surface area contributed by atoms with Crippen LogP contribution in [0.4, 0.5) is 5.95 Å². The fraction of sp³-hybridized carbons (Fsp3) is 0.0833. The number of nitrogens with zero attached hydrogens (tertiary/aromatic N) is 4. The molecule has 0 radical (unpaired) electrons. The fourth-order valence-corrected chi connectivity index (χ4v) is 1.63. The number of benzene rings is 1. The van der Waals surface area contributed by atoms with Gasteiger partial charge in [0.25, 0.3) is 0 Å². The lowest BCUT2D eigenvalue weighted by Gasteiger charge is -2.07. The molecule has 6 nitrogen and oxygen atoms in total. The number of aromatic amines is 2. The first-order valence-electron chi connectivity index (χ1n) is 5.54. The third-order valence-corrected chi connectivity index (χ3v) is 2.57. The fourth-order valence-electron chi connectivity index (χ4n) is 1.63. The number of hydrogen-bond acceptors (Lipinski definition) is 4. The van der Waals surface area contributed by atoms with E-state index in [9.17, 15) is 0 Å². The van der Waals surface area contributed by atoms with Crippen LogP contribution in [0.2, 0.25) is 0 Å². The zero-order chi connectivity index (χ0) is 12.4. The summed E-state index contributed by atoms with van der Waals surface area (Å²) < 4.78 is 0. The van der Waals surface area contributed by atoms with Crippen molar-refractivity contribution in [3.63, 3.8) is 0 Å². The molecule has 1 aromatic carbocycles. The monoisotopic (exact) mass is 240 g/mol. The van der Waals surface area contributed by atoms with Crippen molar-refractivity contribution in [2.45, 2.75) is 0 Å². The van der Waals surface area contributed by atoms with Gasteiger partial charge in [0.05, 0.1) is 35.5 Å². The minimum absolute atomic E-state index is 0.701. The minimum Gasteiger partial charge on any atom is -0.344 e. The van der Waals surface area contributed by atoms with E-state index in [1.807, 2.05) is 31.3 Å². The quantitative estimate of drug-likeness (QED) is 0.541. The maximum absolute atomic E-state index is 4.44. The molecule has 90 valence electrons. The molecular formula is C12H12N6. The van der Waals surface area contributed by atoms with Crippen molar-refractivity contribution in [3.05, 3.63) is 42.5 Å². The van der Waals surface area contributed by atoms with E-state index in [4.69, 9.17) is 0 Å². The van der Waals surface area contributed by atoms with Crippen molar-refractivity contribution < 1.29 is 0 Å². The van der Waals surface area contributed by atoms with Gasteiger partial charge in [0.2, 0.25) is 5.95 Å². The Kier molecular flexibility index (Phi) is 2.53. The molecule has 0 bridgehead atoms. The Hall–Kier alpha value is -2.63. The number of fused-ring (bicyclic) bond motifs is 1. The number of hydrogen-bond donors (Lipinski definition) is 2. The van der Waals surface area contributed by atoms with Crippen LogP contribution in [0.3, 0.4) is 0 Å². The predicted molar refractivity (Wildman–Crippen MR) is 70.7 cm³/mol. The van der Waals surface area contributed by atoms with Gasteiger partial charge in [-0.2, -0.15) is 5.10 Å². The normalized spacial score (nSPS) is 11.4. The Morgan fingerprint density at radius 3 is 3.00 bits per heavy atom. The van der Waals surface area contributed by atoms with Gasteiger partial charge in [-0.05, 0) is 12.1 Å². The Balaban J connectivity index is 1.85. The average molecular weight is 240 g/mol. The van der Waals surface area contributed by atoms with Gasteiger partial charge in [-0.25, -0.2) is 15.0 Å². The van der Waals surface area contributed by atoms with Crippen molar-refractivity contribution >= 4 is 23.2 Å². The smallest absolute Gasteiger partial charge is 0.224 e. The van der Waals surface area contributed by atoms with Gasteiger partial charge < -0.3 is 9.97 Å². The topological polar surface area (TPSA) is 73.0 Å². The van der Waals surface area contributed by atoms with Gasteiger partial charge in [0, 0.05) is 7.05 Å². The van der Waals surface area contributed by atoms with Crippen LogP contribution in [0.1, 0.15) is 5.69 Å². The van der Waals surface area contributed by atoms with E-state index in [-0.39, 0.29) is 0 Å². The van der Waals surface area contributed by atoms with Crippen LogP contribution < -0.4 is 5.01 Å². The molecule has 0 aliphatic rings. The maximum atomic E-state index is 4.44. The van der Waals surface area contributed by atoms with Crippen molar-refractivity contribution in [3.8, 4) is 0 Å². The van der Waals surface area contributed by atoms with E-state index in [1.165, 1.54) is 0 Å². The number of nitrogens with one attached hydrogen (secondary N) is 2. The molecule has 0 spiro atoms. The van der Waals surface area contributed by atoms with Crippen LogP contribution >= 0.6 is 0 Å². The highest BCUT2D eigenvalue weighted by Crippen LogP contribution is 2.15. The lowest BCUT2D eigenvalue weighted by atomic mass is 10.3. The molecule has 0 unspecified atom stereocenters. The van der Waals surface area contributed by atoms with Crippen LogP contribution in [0, 0.1) is 0 Å². The lowest BCUT2D eigenvalue weighted by Crippen LogP contribution is -2.10. The summed E-state index contributed by atoms with van der Waals surface area (Å²) in [5.74, 6) is 0.701. The van der Waals surface area contributed by atoms with E-state index in [1.54, 1.807) is 23.7 Å². The van der Waals surface area contributed by atoms with E-state index in [0.29, 0.717) is 5.95 Å². The van der Waals surface area contributed by atoms with E-state index >= 15 is 0 Å². The highest BCUT2D eigenvalue weighted by molar-refractivity contribution is 5.79. The Labute approximate surface area is 103 Å². The summed E-state index contributed by atoms with van der Waals surface area (Å²) in [4.78, 5) is 14.5. The van der Waals surface area contributed by atoms with Crippen LogP contribution in [-0.4, -0.2) is 33.2 Å². The van der Waals surface area contributed by atoms with Gasteiger partial charge in [-0.3, -0.25) is 0 Å². The van der Waals surface area contributed by atoms with E-state index in [2.05, 4.69) is 25.0 Å². The Bertz CT molecular complexity index is 634. The van der Waals surface area contributed by atoms with Gasteiger partial charge in [0.1, 0.15) is 0 Å². The second-order valence-corrected chi connectivity index (χ2v) is 3.85. The first-order chi connectivity index (χ1) is 8.83. The molecule has 0 atom stereocenters. The molecule has 2 aromatic heterocycles. The zero-order valence-corrected chi connectivity index (χ0v) is 9.83.